The summed E-state index contributed by atoms with van der Waals surface area (Å²) in [6, 6.07) is 13.8. The lowest BCUT2D eigenvalue weighted by Crippen LogP contribution is -2.33. The molecule has 1 heterocycles. The average molecular weight is 292 g/mol. The van der Waals surface area contributed by atoms with E-state index in [1.165, 1.54) is 5.56 Å². The number of nitrogens with two attached hydrogens (primary N) is 1. The van der Waals surface area contributed by atoms with Crippen molar-refractivity contribution in [2.75, 3.05) is 6.61 Å². The Kier molecular flexibility index (Phi) is 4.53. The molecule has 1 atom stereocenters. The number of fused-ring (bicyclic) bond motifs is 1. The van der Waals surface area contributed by atoms with Gasteiger partial charge in [-0.3, -0.25) is 0 Å². The number of ether oxygens (including phenoxy) is 1. The van der Waals surface area contributed by atoms with Gasteiger partial charge in [0.05, 0.1) is 0 Å². The van der Waals surface area contributed by atoms with E-state index in [4.69, 9.17) is 10.5 Å². The van der Waals surface area contributed by atoms with Gasteiger partial charge in [0.15, 0.2) is 0 Å². The molecule has 4 heteroatoms. The summed E-state index contributed by atoms with van der Waals surface area (Å²) >= 11 is 0. The lowest BCUT2D eigenvalue weighted by molar-refractivity contribution is 0.262. The lowest BCUT2D eigenvalue weighted by Gasteiger charge is -2.23. The first-order chi connectivity index (χ1) is 9.22. The number of hydrogen-bond donors (Lipinski definition) is 2. The fourth-order valence-corrected chi connectivity index (χ4v) is 2.44. The van der Waals surface area contributed by atoms with E-state index in [2.05, 4.69) is 12.1 Å². The summed E-state index contributed by atoms with van der Waals surface area (Å²) in [6.45, 7) is 0.544. The summed E-state index contributed by atoms with van der Waals surface area (Å²) in [5.41, 5.74) is 8.91. The van der Waals surface area contributed by atoms with Crippen LogP contribution in [0.5, 0.6) is 11.5 Å². The Labute approximate surface area is 124 Å². The minimum atomic E-state index is 0. The Morgan fingerprint density at radius 2 is 1.95 bits per heavy atom. The monoisotopic (exact) mass is 291 g/mol. The van der Waals surface area contributed by atoms with Crippen molar-refractivity contribution in [3.05, 3.63) is 59.2 Å². The molecule has 0 amide bonds. The Hall–Kier alpha value is -1.71. The first-order valence-corrected chi connectivity index (χ1v) is 6.49. The number of hydrogen-bond acceptors (Lipinski definition) is 3. The van der Waals surface area contributed by atoms with Gasteiger partial charge in [0.25, 0.3) is 0 Å². The molecule has 106 valence electrons. The molecule has 0 fully saturated rings. The molecule has 0 spiro atoms. The summed E-state index contributed by atoms with van der Waals surface area (Å²) < 4.78 is 5.63. The van der Waals surface area contributed by atoms with E-state index in [9.17, 15) is 5.11 Å². The molecule has 0 bridgehead atoms. The van der Waals surface area contributed by atoms with E-state index in [0.29, 0.717) is 18.8 Å². The molecule has 0 saturated carbocycles. The van der Waals surface area contributed by atoms with Crippen molar-refractivity contribution in [3.8, 4) is 11.5 Å². The van der Waals surface area contributed by atoms with E-state index < -0.39 is 0 Å². The highest BCUT2D eigenvalue weighted by atomic mass is 35.5. The molecule has 2 aromatic rings. The van der Waals surface area contributed by atoms with Crippen molar-refractivity contribution >= 4 is 12.4 Å². The molecule has 2 aromatic carbocycles. The second-order valence-corrected chi connectivity index (χ2v) is 5.03. The molecule has 3 rings (SSSR count). The van der Waals surface area contributed by atoms with Crippen LogP contribution in [0.1, 0.15) is 16.7 Å². The quantitative estimate of drug-likeness (QED) is 0.894. The minimum Gasteiger partial charge on any atom is -0.508 e. The van der Waals surface area contributed by atoms with E-state index in [0.717, 1.165) is 23.3 Å². The molecule has 20 heavy (non-hydrogen) atoms. The maximum absolute atomic E-state index is 10.1. The van der Waals surface area contributed by atoms with Gasteiger partial charge in [-0.2, -0.15) is 0 Å². The minimum absolute atomic E-state index is 0. The zero-order valence-electron chi connectivity index (χ0n) is 11.1. The first-order valence-electron chi connectivity index (χ1n) is 6.49. The number of rotatable bonds is 2. The van der Waals surface area contributed by atoms with Gasteiger partial charge >= 0.3 is 0 Å². The fraction of sp³-hybridized carbons (Fsp3) is 0.250. The SMILES string of the molecule is Cl.N[C@H]1COc2cc(Cc3ccccc3)c(O)cc2C1. The van der Waals surface area contributed by atoms with Crippen molar-refractivity contribution in [2.24, 2.45) is 5.73 Å². The molecule has 0 radical (unpaired) electrons. The van der Waals surface area contributed by atoms with E-state index >= 15 is 0 Å². The second-order valence-electron chi connectivity index (χ2n) is 5.03. The van der Waals surface area contributed by atoms with Crippen LogP contribution in [0.4, 0.5) is 0 Å². The van der Waals surface area contributed by atoms with Gasteiger partial charge < -0.3 is 15.6 Å². The highest BCUT2D eigenvalue weighted by molar-refractivity contribution is 5.85. The highest BCUT2D eigenvalue weighted by Crippen LogP contribution is 2.32. The van der Waals surface area contributed by atoms with E-state index in [-0.39, 0.29) is 18.4 Å². The number of phenols is 1. The van der Waals surface area contributed by atoms with E-state index in [1.54, 1.807) is 6.07 Å². The maximum atomic E-state index is 10.1. The van der Waals surface area contributed by atoms with Gasteiger partial charge in [-0.15, -0.1) is 12.4 Å². The van der Waals surface area contributed by atoms with Crippen molar-refractivity contribution in [1.29, 1.82) is 0 Å². The fourth-order valence-electron chi connectivity index (χ4n) is 2.44. The average Bonchev–Trinajstić information content (AvgIpc) is 2.41. The Balaban J connectivity index is 0.00000147. The van der Waals surface area contributed by atoms with E-state index in [1.807, 2.05) is 24.3 Å². The Morgan fingerprint density at radius 1 is 1.20 bits per heavy atom. The van der Waals surface area contributed by atoms with Crippen LogP contribution in [-0.2, 0) is 12.8 Å². The molecule has 1 aliphatic heterocycles. The summed E-state index contributed by atoms with van der Waals surface area (Å²) in [6.07, 6.45) is 1.46. The van der Waals surface area contributed by atoms with Gasteiger partial charge in [0.2, 0.25) is 0 Å². The number of benzene rings is 2. The molecular weight excluding hydrogens is 274 g/mol. The van der Waals surface area contributed by atoms with Crippen LogP contribution in [0, 0.1) is 0 Å². The third kappa shape index (κ3) is 3.06. The topological polar surface area (TPSA) is 55.5 Å². The van der Waals surface area contributed by atoms with Crippen LogP contribution in [-0.4, -0.2) is 17.8 Å². The summed E-state index contributed by atoms with van der Waals surface area (Å²) in [5, 5.41) is 10.1. The summed E-state index contributed by atoms with van der Waals surface area (Å²) in [4.78, 5) is 0. The first kappa shape index (κ1) is 14.7. The molecular formula is C16H18ClNO2. The molecule has 0 aliphatic carbocycles. The third-order valence-corrected chi connectivity index (χ3v) is 3.43. The predicted molar refractivity (Wildman–Crippen MR) is 81.8 cm³/mol. The van der Waals surface area contributed by atoms with Crippen molar-refractivity contribution in [3.63, 3.8) is 0 Å². The lowest BCUT2D eigenvalue weighted by atomic mass is 9.97. The van der Waals surface area contributed by atoms with Gasteiger partial charge in [0.1, 0.15) is 18.1 Å². The number of halogens is 1. The summed E-state index contributed by atoms with van der Waals surface area (Å²) in [7, 11) is 0. The van der Waals surface area contributed by atoms with Crippen molar-refractivity contribution in [2.45, 2.75) is 18.9 Å². The highest BCUT2D eigenvalue weighted by Gasteiger charge is 2.19. The summed E-state index contributed by atoms with van der Waals surface area (Å²) in [5.74, 6) is 1.17. The molecule has 0 saturated heterocycles. The van der Waals surface area contributed by atoms with Crippen molar-refractivity contribution in [1.82, 2.24) is 0 Å². The van der Waals surface area contributed by atoms with Crippen LogP contribution in [0.15, 0.2) is 42.5 Å². The van der Waals surface area contributed by atoms with Crippen LogP contribution in [0.3, 0.4) is 0 Å². The van der Waals surface area contributed by atoms with Crippen LogP contribution in [0.25, 0.3) is 0 Å². The number of aromatic hydroxyl groups is 1. The van der Waals surface area contributed by atoms with Crippen LogP contribution < -0.4 is 10.5 Å². The maximum Gasteiger partial charge on any atom is 0.123 e. The van der Waals surface area contributed by atoms with Gasteiger partial charge in [-0.05, 0) is 29.7 Å². The third-order valence-electron chi connectivity index (χ3n) is 3.43. The van der Waals surface area contributed by atoms with Gasteiger partial charge in [0, 0.05) is 18.0 Å². The number of phenolic OH excluding ortho intramolecular Hbond substituents is 1. The Morgan fingerprint density at radius 3 is 2.70 bits per heavy atom. The largest absolute Gasteiger partial charge is 0.508 e. The zero-order valence-corrected chi connectivity index (χ0v) is 11.9. The molecule has 3 nitrogen and oxygen atoms in total. The second kappa shape index (κ2) is 6.16. The Bertz CT molecular complexity index is 587. The zero-order chi connectivity index (χ0) is 13.2. The smallest absolute Gasteiger partial charge is 0.123 e. The van der Waals surface area contributed by atoms with Gasteiger partial charge in [-0.25, -0.2) is 0 Å². The standard InChI is InChI=1S/C16H17NO2.ClH/c17-14-7-13-8-15(18)12(9-16(13)19-10-14)6-11-4-2-1-3-5-11;/h1-5,8-9,14,18H,6-7,10,17H2;1H/t14-;/m1./s1. The van der Waals surface area contributed by atoms with Crippen LogP contribution in [0.2, 0.25) is 0 Å². The molecule has 3 N–H and O–H groups in total. The molecule has 1 aliphatic rings. The molecule has 0 unspecified atom stereocenters. The normalized spacial score (nSPS) is 16.8. The predicted octanol–water partition coefficient (Wildman–Crippen LogP) is 2.67. The van der Waals surface area contributed by atoms with Crippen LogP contribution >= 0.6 is 12.4 Å². The van der Waals surface area contributed by atoms with Gasteiger partial charge in [-0.1, -0.05) is 30.3 Å². The molecule has 0 aromatic heterocycles. The van der Waals surface area contributed by atoms with Crippen molar-refractivity contribution < 1.29 is 9.84 Å².